The lowest BCUT2D eigenvalue weighted by atomic mass is 10.2. The van der Waals surface area contributed by atoms with E-state index in [4.69, 9.17) is 9.47 Å². The van der Waals surface area contributed by atoms with Crippen LogP contribution in [0, 0.1) is 0 Å². The Balaban J connectivity index is 1.56. The van der Waals surface area contributed by atoms with Gasteiger partial charge in [0.05, 0.1) is 24.7 Å². The van der Waals surface area contributed by atoms with Gasteiger partial charge in [-0.1, -0.05) is 17.8 Å². The molecule has 7 nitrogen and oxygen atoms in total. The number of methoxy groups -OCH3 is 1. The molecule has 0 aliphatic carbocycles. The maximum atomic E-state index is 12.0. The summed E-state index contributed by atoms with van der Waals surface area (Å²) in [5.41, 5.74) is 0.890. The molecule has 0 saturated carbocycles. The molecule has 1 fully saturated rings. The molecule has 0 bridgehead atoms. The SMILES string of the molecule is COc1cccc(-n2cnnc2SCC(=O)NC[C@H]2CCCO2)c1. The first-order valence-electron chi connectivity index (χ1n) is 7.82. The summed E-state index contributed by atoms with van der Waals surface area (Å²) in [6.45, 7) is 1.36. The molecule has 0 spiro atoms. The molecular weight excluding hydrogens is 328 g/mol. The Bertz CT molecular complexity index is 685. The van der Waals surface area contributed by atoms with Gasteiger partial charge in [0, 0.05) is 19.2 Å². The van der Waals surface area contributed by atoms with E-state index in [9.17, 15) is 4.79 Å². The average molecular weight is 348 g/mol. The van der Waals surface area contributed by atoms with Gasteiger partial charge in [-0.3, -0.25) is 9.36 Å². The highest BCUT2D eigenvalue weighted by molar-refractivity contribution is 7.99. The Kier molecular flexibility index (Phi) is 5.71. The van der Waals surface area contributed by atoms with E-state index in [0.29, 0.717) is 11.7 Å². The molecule has 3 rings (SSSR count). The molecule has 1 aromatic heterocycles. The highest BCUT2D eigenvalue weighted by Gasteiger charge is 2.16. The van der Waals surface area contributed by atoms with Crippen LogP contribution in [0.15, 0.2) is 35.7 Å². The van der Waals surface area contributed by atoms with Crippen LogP contribution in [0.25, 0.3) is 5.69 Å². The van der Waals surface area contributed by atoms with Crippen LogP contribution in [0.1, 0.15) is 12.8 Å². The minimum absolute atomic E-state index is 0.0318. The van der Waals surface area contributed by atoms with Crippen molar-refractivity contribution in [1.82, 2.24) is 20.1 Å². The fraction of sp³-hybridized carbons (Fsp3) is 0.438. The summed E-state index contributed by atoms with van der Waals surface area (Å²) in [5.74, 6) is 1.01. The monoisotopic (exact) mass is 348 g/mol. The van der Waals surface area contributed by atoms with Gasteiger partial charge in [-0.25, -0.2) is 0 Å². The number of aromatic nitrogens is 3. The topological polar surface area (TPSA) is 78.3 Å². The number of benzene rings is 1. The molecule has 2 heterocycles. The molecule has 1 saturated heterocycles. The molecule has 1 aliphatic rings. The van der Waals surface area contributed by atoms with Crippen molar-refractivity contribution in [3.05, 3.63) is 30.6 Å². The number of carbonyl (C=O) groups is 1. The van der Waals surface area contributed by atoms with E-state index in [-0.39, 0.29) is 17.8 Å². The van der Waals surface area contributed by atoms with Crippen LogP contribution in [-0.2, 0) is 9.53 Å². The van der Waals surface area contributed by atoms with Gasteiger partial charge in [0.2, 0.25) is 5.91 Å². The maximum Gasteiger partial charge on any atom is 0.230 e. The van der Waals surface area contributed by atoms with Crippen LogP contribution in [0.5, 0.6) is 5.75 Å². The molecule has 0 unspecified atom stereocenters. The van der Waals surface area contributed by atoms with Crippen molar-refractivity contribution in [2.45, 2.75) is 24.1 Å². The Morgan fingerprint density at radius 2 is 2.46 bits per heavy atom. The second-order valence-electron chi connectivity index (χ2n) is 5.41. The Morgan fingerprint density at radius 3 is 3.25 bits per heavy atom. The normalized spacial score (nSPS) is 17.0. The second-order valence-corrected chi connectivity index (χ2v) is 6.36. The summed E-state index contributed by atoms with van der Waals surface area (Å²) < 4.78 is 12.6. The third-order valence-corrected chi connectivity index (χ3v) is 4.67. The summed E-state index contributed by atoms with van der Waals surface area (Å²) in [7, 11) is 1.62. The minimum atomic E-state index is -0.0318. The first-order valence-corrected chi connectivity index (χ1v) is 8.80. The third-order valence-electron chi connectivity index (χ3n) is 3.73. The van der Waals surface area contributed by atoms with Gasteiger partial charge >= 0.3 is 0 Å². The van der Waals surface area contributed by atoms with Crippen LogP contribution >= 0.6 is 11.8 Å². The Labute approximate surface area is 144 Å². The summed E-state index contributed by atoms with van der Waals surface area (Å²) in [5, 5.41) is 11.6. The summed E-state index contributed by atoms with van der Waals surface area (Å²) >= 11 is 1.35. The van der Waals surface area contributed by atoms with Crippen molar-refractivity contribution in [3.8, 4) is 11.4 Å². The number of nitrogens with zero attached hydrogens (tertiary/aromatic N) is 3. The van der Waals surface area contributed by atoms with Gasteiger partial charge in [0.25, 0.3) is 0 Å². The Hall–Kier alpha value is -2.06. The fourth-order valence-electron chi connectivity index (χ4n) is 2.47. The van der Waals surface area contributed by atoms with Gasteiger partial charge in [0.15, 0.2) is 5.16 Å². The van der Waals surface area contributed by atoms with Gasteiger partial charge in [-0.05, 0) is 25.0 Å². The molecule has 1 amide bonds. The smallest absolute Gasteiger partial charge is 0.230 e. The lowest BCUT2D eigenvalue weighted by Gasteiger charge is -2.11. The number of hydrogen-bond donors (Lipinski definition) is 1. The molecule has 1 aliphatic heterocycles. The van der Waals surface area contributed by atoms with E-state index in [0.717, 1.165) is 30.9 Å². The lowest BCUT2D eigenvalue weighted by molar-refractivity contribution is -0.119. The number of carbonyl (C=O) groups excluding carboxylic acids is 1. The number of ether oxygens (including phenoxy) is 2. The molecule has 128 valence electrons. The van der Waals surface area contributed by atoms with Crippen molar-refractivity contribution in [2.24, 2.45) is 0 Å². The van der Waals surface area contributed by atoms with Crippen molar-refractivity contribution in [3.63, 3.8) is 0 Å². The maximum absolute atomic E-state index is 12.0. The molecule has 24 heavy (non-hydrogen) atoms. The molecule has 8 heteroatoms. The number of amides is 1. The molecule has 0 radical (unpaired) electrons. The zero-order valence-electron chi connectivity index (χ0n) is 13.5. The highest BCUT2D eigenvalue weighted by Crippen LogP contribution is 2.22. The van der Waals surface area contributed by atoms with Crippen LogP contribution < -0.4 is 10.1 Å². The zero-order valence-corrected chi connectivity index (χ0v) is 14.3. The van der Waals surface area contributed by atoms with Gasteiger partial charge in [0.1, 0.15) is 12.1 Å². The van der Waals surface area contributed by atoms with Crippen LogP contribution in [-0.4, -0.2) is 52.8 Å². The third kappa shape index (κ3) is 4.27. The van der Waals surface area contributed by atoms with Crippen molar-refractivity contribution in [2.75, 3.05) is 26.0 Å². The summed E-state index contributed by atoms with van der Waals surface area (Å²) in [6.07, 6.45) is 3.86. The standard InChI is InChI=1S/C16H20N4O3S/c1-22-13-5-2-4-12(8-13)20-11-18-19-16(20)24-10-15(21)17-9-14-6-3-7-23-14/h2,4-5,8,11,14H,3,6-7,9-10H2,1H3,(H,17,21)/t14-/m1/s1. The molecule has 1 atom stereocenters. The summed E-state index contributed by atoms with van der Waals surface area (Å²) in [4.78, 5) is 12.0. The number of nitrogens with one attached hydrogen (secondary N) is 1. The van der Waals surface area contributed by atoms with Crippen LogP contribution in [0.3, 0.4) is 0 Å². The van der Waals surface area contributed by atoms with Crippen molar-refractivity contribution < 1.29 is 14.3 Å². The molecule has 2 aromatic rings. The van der Waals surface area contributed by atoms with E-state index >= 15 is 0 Å². The summed E-state index contributed by atoms with van der Waals surface area (Å²) in [6, 6.07) is 7.61. The van der Waals surface area contributed by atoms with E-state index in [2.05, 4.69) is 15.5 Å². The van der Waals surface area contributed by atoms with E-state index in [1.54, 1.807) is 13.4 Å². The second kappa shape index (κ2) is 8.16. The number of thioether (sulfide) groups is 1. The van der Waals surface area contributed by atoms with E-state index in [1.807, 2.05) is 28.8 Å². The van der Waals surface area contributed by atoms with Crippen LogP contribution in [0.2, 0.25) is 0 Å². The van der Waals surface area contributed by atoms with Crippen molar-refractivity contribution in [1.29, 1.82) is 0 Å². The quantitative estimate of drug-likeness (QED) is 0.767. The molecular formula is C16H20N4O3S. The lowest BCUT2D eigenvalue weighted by Crippen LogP contribution is -2.32. The van der Waals surface area contributed by atoms with Crippen molar-refractivity contribution >= 4 is 17.7 Å². The highest BCUT2D eigenvalue weighted by atomic mass is 32.2. The molecule has 1 aromatic carbocycles. The fourth-order valence-corrected chi connectivity index (χ4v) is 3.23. The first kappa shape index (κ1) is 16.8. The molecule has 1 N–H and O–H groups in total. The predicted molar refractivity (Wildman–Crippen MR) is 90.6 cm³/mol. The first-order chi connectivity index (χ1) is 11.8. The van der Waals surface area contributed by atoms with E-state index in [1.165, 1.54) is 11.8 Å². The Morgan fingerprint density at radius 1 is 1.54 bits per heavy atom. The largest absolute Gasteiger partial charge is 0.497 e. The van der Waals surface area contributed by atoms with Gasteiger partial charge in [-0.15, -0.1) is 10.2 Å². The van der Waals surface area contributed by atoms with Crippen LogP contribution in [0.4, 0.5) is 0 Å². The zero-order chi connectivity index (χ0) is 16.8. The van der Waals surface area contributed by atoms with Gasteiger partial charge in [-0.2, -0.15) is 0 Å². The van der Waals surface area contributed by atoms with E-state index < -0.39 is 0 Å². The van der Waals surface area contributed by atoms with Gasteiger partial charge < -0.3 is 14.8 Å². The number of rotatable bonds is 7. The predicted octanol–water partition coefficient (Wildman–Crippen LogP) is 1.66. The minimum Gasteiger partial charge on any atom is -0.497 e. The number of hydrogen-bond acceptors (Lipinski definition) is 6. The average Bonchev–Trinajstić information content (AvgIpc) is 3.29.